The van der Waals surface area contributed by atoms with Gasteiger partial charge in [-0.3, -0.25) is 0 Å². The van der Waals surface area contributed by atoms with Crippen LogP contribution in [0.2, 0.25) is 0 Å². The first-order valence-electron chi connectivity index (χ1n) is 6.08. The van der Waals surface area contributed by atoms with Gasteiger partial charge in [0.15, 0.2) is 0 Å². The van der Waals surface area contributed by atoms with E-state index in [-0.39, 0.29) is 23.7 Å². The molecule has 0 aliphatic carbocycles. The Balaban J connectivity index is 2.38. The number of sulfonamides is 1. The summed E-state index contributed by atoms with van der Waals surface area (Å²) in [4.78, 5) is 0. The average molecular weight is 265 g/mol. The Kier molecular flexibility index (Phi) is 5.85. The molecule has 6 heteroatoms. The molecule has 0 aromatic carbocycles. The fourth-order valence-corrected chi connectivity index (χ4v) is 2.91. The van der Waals surface area contributed by atoms with Crippen LogP contribution in [0.3, 0.4) is 0 Å². The van der Waals surface area contributed by atoms with Gasteiger partial charge in [-0.1, -0.05) is 13.8 Å². The molecule has 1 fully saturated rings. The molecule has 2 N–H and O–H groups in total. The number of nitrogens with two attached hydrogens (primary N) is 1. The molecule has 0 bridgehead atoms. The van der Waals surface area contributed by atoms with Crippen LogP contribution in [0, 0.1) is 11.8 Å². The maximum atomic E-state index is 11.1. The Bertz CT molecular complexity index is 309. The summed E-state index contributed by atoms with van der Waals surface area (Å²) in [6.07, 6.45) is 1.98. The lowest BCUT2D eigenvalue weighted by Crippen LogP contribution is -2.32. The minimum atomic E-state index is -3.43. The summed E-state index contributed by atoms with van der Waals surface area (Å²) in [6.45, 7) is 5.89. The normalized spacial score (nSPS) is 20.7. The number of hydrogen-bond donors (Lipinski definition) is 1. The second-order valence-electron chi connectivity index (χ2n) is 4.98. The summed E-state index contributed by atoms with van der Waals surface area (Å²) in [6, 6.07) is 0. The predicted molar refractivity (Wildman–Crippen MR) is 66.1 cm³/mol. The first kappa shape index (κ1) is 14.9. The first-order valence-corrected chi connectivity index (χ1v) is 7.80. The lowest BCUT2D eigenvalue weighted by Gasteiger charge is -2.26. The topological polar surface area (TPSA) is 78.6 Å². The molecule has 0 spiro atoms. The Morgan fingerprint density at radius 3 is 2.41 bits per heavy atom. The van der Waals surface area contributed by atoms with Crippen molar-refractivity contribution >= 4 is 10.0 Å². The zero-order chi connectivity index (χ0) is 12.9. The third-order valence-corrected chi connectivity index (χ3v) is 4.00. The summed E-state index contributed by atoms with van der Waals surface area (Å²) < 4.78 is 33.2. The van der Waals surface area contributed by atoms with Crippen molar-refractivity contribution in [3.63, 3.8) is 0 Å². The van der Waals surface area contributed by atoms with E-state index in [1.807, 2.05) is 13.8 Å². The molecular weight excluding hydrogens is 242 g/mol. The van der Waals surface area contributed by atoms with Crippen LogP contribution < -0.4 is 5.14 Å². The zero-order valence-electron chi connectivity index (χ0n) is 10.6. The number of primary sulfonamides is 1. The second kappa shape index (κ2) is 6.68. The molecule has 1 aliphatic rings. The molecule has 0 radical (unpaired) electrons. The molecule has 1 heterocycles. The maximum Gasteiger partial charge on any atom is 0.209 e. The molecule has 1 rings (SSSR count). The summed E-state index contributed by atoms with van der Waals surface area (Å²) >= 11 is 0. The lowest BCUT2D eigenvalue weighted by atomic mass is 9.99. The van der Waals surface area contributed by atoms with Crippen molar-refractivity contribution in [2.75, 3.05) is 25.6 Å². The number of hydrogen-bond acceptors (Lipinski definition) is 4. The van der Waals surface area contributed by atoms with Gasteiger partial charge in [0.2, 0.25) is 10.0 Å². The molecule has 1 unspecified atom stereocenters. The third-order valence-electron chi connectivity index (χ3n) is 3.10. The van der Waals surface area contributed by atoms with Gasteiger partial charge in [-0.25, -0.2) is 13.6 Å². The van der Waals surface area contributed by atoms with Crippen LogP contribution in [0.5, 0.6) is 0 Å². The van der Waals surface area contributed by atoms with Crippen molar-refractivity contribution < 1.29 is 17.9 Å². The smallest absolute Gasteiger partial charge is 0.209 e. The maximum absolute atomic E-state index is 11.1. The van der Waals surface area contributed by atoms with Crippen molar-refractivity contribution in [2.24, 2.45) is 17.0 Å². The molecule has 0 aromatic heterocycles. The summed E-state index contributed by atoms with van der Waals surface area (Å²) in [5, 5.41) is 5.08. The zero-order valence-corrected chi connectivity index (χ0v) is 11.4. The van der Waals surface area contributed by atoms with Gasteiger partial charge in [0.25, 0.3) is 0 Å². The monoisotopic (exact) mass is 265 g/mol. The highest BCUT2D eigenvalue weighted by Gasteiger charge is 2.22. The van der Waals surface area contributed by atoms with Gasteiger partial charge in [0.1, 0.15) is 0 Å². The molecule has 1 atom stereocenters. The fourth-order valence-electron chi connectivity index (χ4n) is 1.83. The van der Waals surface area contributed by atoms with Gasteiger partial charge in [-0.05, 0) is 24.7 Å². The van der Waals surface area contributed by atoms with Crippen molar-refractivity contribution in [1.82, 2.24) is 0 Å². The Morgan fingerprint density at radius 1 is 1.35 bits per heavy atom. The third kappa shape index (κ3) is 6.35. The Hall–Kier alpha value is -0.170. The van der Waals surface area contributed by atoms with E-state index in [1.54, 1.807) is 0 Å². The Labute approximate surface area is 104 Å². The molecule has 0 aromatic rings. The molecule has 5 nitrogen and oxygen atoms in total. The molecular formula is C11H23NO4S. The van der Waals surface area contributed by atoms with Gasteiger partial charge >= 0.3 is 0 Å². The van der Waals surface area contributed by atoms with Gasteiger partial charge in [-0.15, -0.1) is 0 Å². The van der Waals surface area contributed by atoms with Gasteiger partial charge in [-0.2, -0.15) is 0 Å². The quantitative estimate of drug-likeness (QED) is 0.768. The second-order valence-corrected chi connectivity index (χ2v) is 6.64. The standard InChI is InChI=1S/C11H23NO4S/c1-9(2)10(8-17(12,13)14)7-16-11-3-5-15-6-4-11/h9-11H,3-8H2,1-2H3,(H2,12,13,14). The minimum absolute atomic E-state index is 0.00606. The highest BCUT2D eigenvalue weighted by atomic mass is 32.2. The van der Waals surface area contributed by atoms with E-state index in [9.17, 15) is 8.42 Å². The van der Waals surface area contributed by atoms with Gasteiger partial charge in [0.05, 0.1) is 18.5 Å². The molecule has 17 heavy (non-hydrogen) atoms. The molecule has 0 saturated carbocycles. The van der Waals surface area contributed by atoms with Crippen LogP contribution in [0.15, 0.2) is 0 Å². The predicted octanol–water partition coefficient (Wildman–Crippen LogP) is 0.743. The SMILES string of the molecule is CC(C)C(COC1CCOCC1)CS(N)(=O)=O. The summed E-state index contributed by atoms with van der Waals surface area (Å²) in [5.74, 6) is 0.203. The van der Waals surface area contributed by atoms with E-state index < -0.39 is 10.0 Å². The summed E-state index contributed by atoms with van der Waals surface area (Å²) in [7, 11) is -3.43. The van der Waals surface area contributed by atoms with Crippen molar-refractivity contribution in [3.05, 3.63) is 0 Å². The van der Waals surface area contributed by atoms with E-state index in [0.29, 0.717) is 6.61 Å². The molecule has 0 amide bonds. The largest absolute Gasteiger partial charge is 0.381 e. The number of ether oxygens (including phenoxy) is 2. The van der Waals surface area contributed by atoms with E-state index >= 15 is 0 Å². The fraction of sp³-hybridized carbons (Fsp3) is 1.00. The molecule has 102 valence electrons. The highest BCUT2D eigenvalue weighted by Crippen LogP contribution is 2.17. The molecule has 1 saturated heterocycles. The highest BCUT2D eigenvalue weighted by molar-refractivity contribution is 7.89. The van der Waals surface area contributed by atoms with E-state index in [2.05, 4.69) is 0 Å². The first-order chi connectivity index (χ1) is 7.88. The van der Waals surface area contributed by atoms with Crippen LogP contribution >= 0.6 is 0 Å². The number of rotatable bonds is 6. The van der Waals surface area contributed by atoms with Crippen molar-refractivity contribution in [1.29, 1.82) is 0 Å². The van der Waals surface area contributed by atoms with Crippen LogP contribution in [-0.2, 0) is 19.5 Å². The van der Waals surface area contributed by atoms with E-state index in [0.717, 1.165) is 26.1 Å². The van der Waals surface area contributed by atoms with Crippen LogP contribution in [0.1, 0.15) is 26.7 Å². The van der Waals surface area contributed by atoms with Crippen molar-refractivity contribution in [3.8, 4) is 0 Å². The van der Waals surface area contributed by atoms with Crippen LogP contribution in [0.25, 0.3) is 0 Å². The average Bonchev–Trinajstić information content (AvgIpc) is 2.24. The van der Waals surface area contributed by atoms with E-state index in [1.165, 1.54) is 0 Å². The lowest BCUT2D eigenvalue weighted by molar-refractivity contribution is -0.0447. The van der Waals surface area contributed by atoms with Gasteiger partial charge in [0, 0.05) is 13.2 Å². The van der Waals surface area contributed by atoms with Crippen LogP contribution in [0.4, 0.5) is 0 Å². The summed E-state index contributed by atoms with van der Waals surface area (Å²) in [5.41, 5.74) is 0. The van der Waals surface area contributed by atoms with Crippen LogP contribution in [-0.4, -0.2) is 40.1 Å². The Morgan fingerprint density at radius 2 is 1.94 bits per heavy atom. The minimum Gasteiger partial charge on any atom is -0.381 e. The molecule has 1 aliphatic heterocycles. The van der Waals surface area contributed by atoms with E-state index in [4.69, 9.17) is 14.6 Å². The van der Waals surface area contributed by atoms with Gasteiger partial charge < -0.3 is 9.47 Å². The van der Waals surface area contributed by atoms with Crippen molar-refractivity contribution in [2.45, 2.75) is 32.8 Å².